The molecule has 5 rings (SSSR count). The van der Waals surface area contributed by atoms with Gasteiger partial charge in [0, 0.05) is 20.9 Å². The summed E-state index contributed by atoms with van der Waals surface area (Å²) in [6.07, 6.45) is 1.93. The zero-order valence-corrected chi connectivity index (χ0v) is 21.0. The molecule has 1 N–H and O–H groups in total. The Bertz CT molecular complexity index is 1430. The molecule has 0 unspecified atom stereocenters. The van der Waals surface area contributed by atoms with E-state index in [1.807, 2.05) is 11.5 Å². The molecule has 4 aromatic rings. The lowest BCUT2D eigenvalue weighted by molar-refractivity contribution is -0.137. The Kier molecular flexibility index (Phi) is 5.87. The number of hydrogen-bond donors (Lipinski definition) is 1. The monoisotopic (exact) mass is 488 g/mol. The quantitative estimate of drug-likeness (QED) is 0.348. The number of thioether (sulfide) groups is 1. The van der Waals surface area contributed by atoms with Crippen molar-refractivity contribution in [2.75, 3.05) is 6.26 Å². The summed E-state index contributed by atoms with van der Waals surface area (Å²) in [5.41, 5.74) is 6.22. The van der Waals surface area contributed by atoms with Gasteiger partial charge >= 0.3 is 5.97 Å². The highest BCUT2D eigenvalue weighted by molar-refractivity contribution is 7.98. The van der Waals surface area contributed by atoms with Crippen LogP contribution in [0.5, 0.6) is 0 Å². The second-order valence-electron chi connectivity index (χ2n) is 8.30. The number of fused-ring (bicyclic) bond motifs is 3. The zero-order valence-electron chi connectivity index (χ0n) is 19.4. The molecule has 8 heteroatoms. The van der Waals surface area contributed by atoms with Crippen molar-refractivity contribution in [3.05, 3.63) is 81.7 Å². The Balaban J connectivity index is 1.66. The van der Waals surface area contributed by atoms with Gasteiger partial charge in [-0.05, 0) is 55.9 Å². The average molecular weight is 489 g/mol. The molecule has 2 aromatic carbocycles. The molecule has 0 aliphatic carbocycles. The lowest BCUT2D eigenvalue weighted by Crippen LogP contribution is -2.10. The fraction of sp³-hybridized carbons (Fsp3) is 0.231. The Hall–Kier alpha value is -3.23. The molecule has 0 spiro atoms. The van der Waals surface area contributed by atoms with Crippen molar-refractivity contribution in [2.24, 2.45) is 4.99 Å². The number of aliphatic imine (C=N–C) groups is 1. The van der Waals surface area contributed by atoms with Crippen molar-refractivity contribution in [1.82, 2.24) is 14.8 Å². The summed E-state index contributed by atoms with van der Waals surface area (Å²) >= 11 is 3.39. The molecule has 0 bridgehead atoms. The molecule has 0 fully saturated rings. The van der Waals surface area contributed by atoms with E-state index in [9.17, 15) is 9.90 Å². The Labute approximate surface area is 206 Å². The van der Waals surface area contributed by atoms with E-state index >= 15 is 0 Å². The first-order valence-electron chi connectivity index (χ1n) is 10.9. The van der Waals surface area contributed by atoms with E-state index in [-0.39, 0.29) is 6.42 Å². The minimum absolute atomic E-state index is 0.145. The number of nitrogens with zero attached hydrogens (tertiary/aromatic N) is 4. The molecular formula is C26H24N4O2S2. The topological polar surface area (TPSA) is 80.4 Å². The minimum atomic E-state index is -0.914. The second-order valence-corrected chi connectivity index (χ2v) is 10.4. The van der Waals surface area contributed by atoms with Gasteiger partial charge in [0.1, 0.15) is 16.9 Å². The summed E-state index contributed by atoms with van der Waals surface area (Å²) in [4.78, 5) is 19.1. The van der Waals surface area contributed by atoms with Gasteiger partial charge in [-0.25, -0.2) is 0 Å². The second kappa shape index (κ2) is 8.85. The number of carboxylic acids is 1. The maximum atomic E-state index is 11.7. The molecule has 34 heavy (non-hydrogen) atoms. The number of hydrogen-bond acceptors (Lipinski definition) is 6. The van der Waals surface area contributed by atoms with Crippen LogP contribution in [0.3, 0.4) is 0 Å². The van der Waals surface area contributed by atoms with Gasteiger partial charge in [-0.15, -0.1) is 33.3 Å². The normalized spacial score (nSPS) is 14.8. The van der Waals surface area contributed by atoms with Crippen molar-refractivity contribution in [1.29, 1.82) is 0 Å². The van der Waals surface area contributed by atoms with Crippen LogP contribution in [-0.4, -0.2) is 37.8 Å². The van der Waals surface area contributed by atoms with Crippen molar-refractivity contribution in [3.63, 3.8) is 0 Å². The van der Waals surface area contributed by atoms with Crippen molar-refractivity contribution in [2.45, 2.75) is 38.1 Å². The number of aliphatic carboxylic acids is 1. The molecule has 1 aliphatic heterocycles. The lowest BCUT2D eigenvalue weighted by Gasteiger charge is -2.11. The van der Waals surface area contributed by atoms with Crippen LogP contribution in [-0.2, 0) is 4.79 Å². The Morgan fingerprint density at radius 3 is 2.50 bits per heavy atom. The number of aromatic nitrogens is 3. The van der Waals surface area contributed by atoms with E-state index in [1.165, 1.54) is 9.77 Å². The standard InChI is InChI=1S/C26H24N4O2S2/c1-14-15(2)34-26-23(14)24(27-21(13-22(31)32)25-29-28-16(3)30(25)26)18-10-8-17(9-11-18)19-6-5-7-20(12-19)33-4/h5-12,21H,13H2,1-4H3,(H,31,32)/t21-/m0/s1. The summed E-state index contributed by atoms with van der Waals surface area (Å²) in [5, 5.41) is 19.2. The third-order valence-corrected chi connectivity index (χ3v) is 8.09. The number of carboxylic acid groups (broad SMARTS) is 1. The largest absolute Gasteiger partial charge is 0.481 e. The summed E-state index contributed by atoms with van der Waals surface area (Å²) < 4.78 is 1.98. The van der Waals surface area contributed by atoms with Gasteiger partial charge in [-0.3, -0.25) is 14.4 Å². The van der Waals surface area contributed by atoms with E-state index in [0.29, 0.717) is 5.82 Å². The van der Waals surface area contributed by atoms with Crippen LogP contribution < -0.4 is 0 Å². The number of aryl methyl sites for hydroxylation is 2. The van der Waals surface area contributed by atoms with Crippen molar-refractivity contribution < 1.29 is 9.90 Å². The molecular weight excluding hydrogens is 464 g/mol. The molecule has 6 nitrogen and oxygen atoms in total. The molecule has 172 valence electrons. The van der Waals surface area contributed by atoms with E-state index in [2.05, 4.69) is 78.8 Å². The fourth-order valence-corrected chi connectivity index (χ4v) is 5.99. The van der Waals surface area contributed by atoms with Crippen molar-refractivity contribution in [3.8, 4) is 16.1 Å². The Morgan fingerprint density at radius 1 is 1.06 bits per heavy atom. The summed E-state index contributed by atoms with van der Waals surface area (Å²) in [5.74, 6) is 0.388. The highest BCUT2D eigenvalue weighted by atomic mass is 32.2. The first-order chi connectivity index (χ1) is 16.4. The number of thiophene rings is 1. The SMILES string of the molecule is CSc1cccc(-c2ccc(C3=N[C@@H](CC(=O)O)c4nnc(C)n4-c4sc(C)c(C)c43)cc2)c1. The van der Waals surface area contributed by atoms with Crippen molar-refractivity contribution >= 4 is 34.8 Å². The van der Waals surface area contributed by atoms with E-state index < -0.39 is 12.0 Å². The van der Waals surface area contributed by atoms with Crippen LogP contribution in [0.4, 0.5) is 0 Å². The third-order valence-electron chi connectivity index (χ3n) is 6.17. The van der Waals surface area contributed by atoms with Crippen LogP contribution in [0.15, 0.2) is 58.4 Å². The van der Waals surface area contributed by atoms with Gasteiger partial charge in [0.05, 0.1) is 12.1 Å². The fourth-order valence-electron chi connectivity index (χ4n) is 4.31. The molecule has 0 saturated heterocycles. The number of rotatable bonds is 5. The average Bonchev–Trinajstić information content (AvgIpc) is 3.31. The number of carbonyl (C=O) groups is 1. The maximum absolute atomic E-state index is 11.7. The summed E-state index contributed by atoms with van der Waals surface area (Å²) in [6.45, 7) is 6.09. The predicted octanol–water partition coefficient (Wildman–Crippen LogP) is 6.01. The van der Waals surface area contributed by atoms with Crippen LogP contribution >= 0.6 is 23.1 Å². The predicted molar refractivity (Wildman–Crippen MR) is 138 cm³/mol. The first kappa shape index (κ1) is 22.6. The van der Waals surface area contributed by atoms with Crippen LogP contribution in [0, 0.1) is 20.8 Å². The summed E-state index contributed by atoms with van der Waals surface area (Å²) in [7, 11) is 0. The Morgan fingerprint density at radius 2 is 1.79 bits per heavy atom. The van der Waals surface area contributed by atoms with Crippen LogP contribution in [0.1, 0.15) is 45.7 Å². The van der Waals surface area contributed by atoms with E-state index in [0.717, 1.165) is 44.4 Å². The molecule has 0 radical (unpaired) electrons. The summed E-state index contributed by atoms with van der Waals surface area (Å²) in [6, 6.07) is 16.2. The number of benzene rings is 2. The molecule has 1 atom stereocenters. The minimum Gasteiger partial charge on any atom is -0.481 e. The van der Waals surface area contributed by atoms with Gasteiger partial charge in [-0.1, -0.05) is 36.4 Å². The van der Waals surface area contributed by atoms with Gasteiger partial charge < -0.3 is 5.11 Å². The maximum Gasteiger partial charge on any atom is 0.306 e. The van der Waals surface area contributed by atoms with Gasteiger partial charge in [0.25, 0.3) is 0 Å². The molecule has 2 aromatic heterocycles. The van der Waals surface area contributed by atoms with Gasteiger partial charge in [-0.2, -0.15) is 0 Å². The molecule has 0 amide bonds. The lowest BCUT2D eigenvalue weighted by atomic mass is 9.97. The molecule has 1 aliphatic rings. The van der Waals surface area contributed by atoms with Gasteiger partial charge in [0.2, 0.25) is 0 Å². The zero-order chi connectivity index (χ0) is 24.0. The molecule has 0 saturated carbocycles. The van der Waals surface area contributed by atoms with Crippen LogP contribution in [0.25, 0.3) is 16.1 Å². The third kappa shape index (κ3) is 3.86. The highest BCUT2D eigenvalue weighted by Gasteiger charge is 2.32. The molecule has 3 heterocycles. The highest BCUT2D eigenvalue weighted by Crippen LogP contribution is 2.39. The van der Waals surface area contributed by atoms with E-state index in [1.54, 1.807) is 23.1 Å². The first-order valence-corrected chi connectivity index (χ1v) is 13.0. The smallest absolute Gasteiger partial charge is 0.306 e. The van der Waals surface area contributed by atoms with Crippen LogP contribution in [0.2, 0.25) is 0 Å². The van der Waals surface area contributed by atoms with E-state index in [4.69, 9.17) is 4.99 Å². The van der Waals surface area contributed by atoms with Gasteiger partial charge in [0.15, 0.2) is 5.82 Å².